The molecule has 0 saturated carbocycles. The number of piperazine rings is 1. The fraction of sp³-hybridized carbons (Fsp3) is 0.174. The molecule has 1 aliphatic rings. The van der Waals surface area contributed by atoms with Gasteiger partial charge in [0.2, 0.25) is 0 Å². The molecular weight excluding hydrogens is 398 g/mol. The van der Waals surface area contributed by atoms with E-state index in [0.717, 1.165) is 9.79 Å². The topological polar surface area (TPSA) is 77.5 Å². The molecular formula is C23H19N3O3S. The summed E-state index contributed by atoms with van der Waals surface area (Å²) in [5.74, 6) is 0.0847. The van der Waals surface area contributed by atoms with Gasteiger partial charge in [0.25, 0.3) is 11.8 Å². The van der Waals surface area contributed by atoms with Gasteiger partial charge in [-0.3, -0.25) is 9.59 Å². The van der Waals surface area contributed by atoms with E-state index < -0.39 is 0 Å². The lowest BCUT2D eigenvalue weighted by molar-refractivity contribution is 0.0516. The molecule has 0 unspecified atom stereocenters. The van der Waals surface area contributed by atoms with Gasteiger partial charge in [0, 0.05) is 36.0 Å². The van der Waals surface area contributed by atoms with Gasteiger partial charge in [-0.15, -0.1) is 0 Å². The molecule has 3 aromatic rings. The van der Waals surface area contributed by atoms with Crippen LogP contribution in [-0.4, -0.2) is 47.8 Å². The van der Waals surface area contributed by atoms with Crippen molar-refractivity contribution in [3.05, 3.63) is 83.8 Å². The van der Waals surface area contributed by atoms with Crippen molar-refractivity contribution in [2.75, 3.05) is 26.2 Å². The van der Waals surface area contributed by atoms with Gasteiger partial charge in [0.05, 0.1) is 17.4 Å². The van der Waals surface area contributed by atoms with E-state index in [-0.39, 0.29) is 11.8 Å². The lowest BCUT2D eigenvalue weighted by Gasteiger charge is -2.34. The van der Waals surface area contributed by atoms with Crippen molar-refractivity contribution in [3.8, 4) is 6.07 Å². The monoisotopic (exact) mass is 417 g/mol. The number of hydrogen-bond donors (Lipinski definition) is 0. The zero-order valence-electron chi connectivity index (χ0n) is 16.2. The van der Waals surface area contributed by atoms with Crippen LogP contribution in [0.4, 0.5) is 0 Å². The maximum atomic E-state index is 13.2. The van der Waals surface area contributed by atoms with Gasteiger partial charge in [0.15, 0.2) is 5.76 Å². The molecule has 0 radical (unpaired) electrons. The summed E-state index contributed by atoms with van der Waals surface area (Å²) in [4.78, 5) is 30.7. The summed E-state index contributed by atoms with van der Waals surface area (Å²) in [5.41, 5.74) is 1.18. The van der Waals surface area contributed by atoms with Crippen molar-refractivity contribution >= 4 is 23.6 Å². The van der Waals surface area contributed by atoms with Crippen LogP contribution >= 0.6 is 11.8 Å². The van der Waals surface area contributed by atoms with Crippen LogP contribution in [0.1, 0.15) is 26.5 Å². The van der Waals surface area contributed by atoms with Crippen molar-refractivity contribution in [1.82, 2.24) is 9.80 Å². The molecule has 150 valence electrons. The summed E-state index contributed by atoms with van der Waals surface area (Å²) < 4.78 is 5.19. The summed E-state index contributed by atoms with van der Waals surface area (Å²) in [5, 5.41) is 9.34. The summed E-state index contributed by atoms with van der Waals surface area (Å²) >= 11 is 1.41. The van der Waals surface area contributed by atoms with Gasteiger partial charge in [0.1, 0.15) is 6.07 Å². The van der Waals surface area contributed by atoms with E-state index in [9.17, 15) is 14.9 Å². The molecule has 0 spiro atoms. The summed E-state index contributed by atoms with van der Waals surface area (Å²) in [7, 11) is 0. The Balaban J connectivity index is 1.47. The van der Waals surface area contributed by atoms with Crippen LogP contribution in [0.25, 0.3) is 0 Å². The van der Waals surface area contributed by atoms with E-state index in [2.05, 4.69) is 6.07 Å². The lowest BCUT2D eigenvalue weighted by atomic mass is 10.1. The Morgan fingerprint density at radius 2 is 1.47 bits per heavy atom. The molecule has 2 amide bonds. The number of nitriles is 1. The predicted molar refractivity (Wildman–Crippen MR) is 112 cm³/mol. The molecule has 2 aromatic carbocycles. The zero-order valence-corrected chi connectivity index (χ0v) is 17.0. The minimum Gasteiger partial charge on any atom is -0.459 e. The number of carbonyl (C=O) groups excluding carboxylic acids is 2. The van der Waals surface area contributed by atoms with Crippen LogP contribution < -0.4 is 0 Å². The average Bonchev–Trinajstić information content (AvgIpc) is 3.34. The quantitative estimate of drug-likeness (QED) is 0.643. The fourth-order valence-electron chi connectivity index (χ4n) is 3.34. The molecule has 1 saturated heterocycles. The highest BCUT2D eigenvalue weighted by atomic mass is 32.2. The number of benzene rings is 2. The van der Waals surface area contributed by atoms with Crippen molar-refractivity contribution in [1.29, 1.82) is 5.26 Å². The van der Waals surface area contributed by atoms with Crippen molar-refractivity contribution in [3.63, 3.8) is 0 Å². The molecule has 0 atom stereocenters. The van der Waals surface area contributed by atoms with Crippen LogP contribution in [0.3, 0.4) is 0 Å². The fourth-order valence-corrected chi connectivity index (χ4v) is 4.36. The second-order valence-corrected chi connectivity index (χ2v) is 7.85. The third kappa shape index (κ3) is 4.09. The molecule has 0 aliphatic carbocycles. The number of furan rings is 1. The SMILES string of the molecule is N#Cc1ccccc1Sc1ccccc1C(=O)N1CCN(C(=O)c2ccco2)CC1. The van der Waals surface area contributed by atoms with Gasteiger partial charge < -0.3 is 14.2 Å². The standard InChI is InChI=1S/C23H19N3O3S/c24-16-17-6-1-3-9-20(17)30-21-10-4-2-7-18(21)22(27)25-11-13-26(14-12-25)23(28)19-8-5-15-29-19/h1-10,15H,11-14H2. The molecule has 6 nitrogen and oxygen atoms in total. The number of rotatable bonds is 4. The number of nitrogens with zero attached hydrogens (tertiary/aromatic N) is 3. The zero-order chi connectivity index (χ0) is 20.9. The minimum atomic E-state index is -0.156. The van der Waals surface area contributed by atoms with Crippen LogP contribution in [-0.2, 0) is 0 Å². The molecule has 1 fully saturated rings. The van der Waals surface area contributed by atoms with Gasteiger partial charge in [-0.2, -0.15) is 5.26 Å². The third-order valence-corrected chi connectivity index (χ3v) is 6.08. The maximum absolute atomic E-state index is 13.2. The van der Waals surface area contributed by atoms with Crippen LogP contribution in [0.5, 0.6) is 0 Å². The van der Waals surface area contributed by atoms with Gasteiger partial charge in [-0.05, 0) is 36.4 Å². The average molecular weight is 417 g/mol. The van der Waals surface area contributed by atoms with Crippen LogP contribution in [0.15, 0.2) is 81.1 Å². The number of amides is 2. The summed E-state index contributed by atoms with van der Waals surface area (Å²) in [6.45, 7) is 1.83. The van der Waals surface area contributed by atoms with Gasteiger partial charge >= 0.3 is 0 Å². The van der Waals surface area contributed by atoms with Crippen molar-refractivity contribution < 1.29 is 14.0 Å². The highest BCUT2D eigenvalue weighted by Gasteiger charge is 2.27. The van der Waals surface area contributed by atoms with E-state index in [1.54, 1.807) is 34.1 Å². The smallest absolute Gasteiger partial charge is 0.289 e. The first-order chi connectivity index (χ1) is 14.7. The van der Waals surface area contributed by atoms with Crippen LogP contribution in [0.2, 0.25) is 0 Å². The Kier molecular flexibility index (Phi) is 5.87. The van der Waals surface area contributed by atoms with E-state index >= 15 is 0 Å². The second-order valence-electron chi connectivity index (χ2n) is 6.77. The third-order valence-electron chi connectivity index (χ3n) is 4.93. The lowest BCUT2D eigenvalue weighted by Crippen LogP contribution is -2.50. The largest absolute Gasteiger partial charge is 0.459 e. The molecule has 30 heavy (non-hydrogen) atoms. The highest BCUT2D eigenvalue weighted by molar-refractivity contribution is 7.99. The van der Waals surface area contributed by atoms with Crippen molar-refractivity contribution in [2.24, 2.45) is 0 Å². The number of carbonyl (C=O) groups is 2. The summed E-state index contributed by atoms with van der Waals surface area (Å²) in [6, 6.07) is 20.3. The first-order valence-corrected chi connectivity index (χ1v) is 10.4. The first-order valence-electron chi connectivity index (χ1n) is 9.55. The Bertz CT molecular complexity index is 1100. The van der Waals surface area contributed by atoms with Gasteiger partial charge in [-0.1, -0.05) is 36.0 Å². The number of hydrogen-bond acceptors (Lipinski definition) is 5. The van der Waals surface area contributed by atoms with E-state index in [1.807, 2.05) is 36.4 Å². The molecule has 4 rings (SSSR count). The first kappa shape index (κ1) is 19.8. The highest BCUT2D eigenvalue weighted by Crippen LogP contribution is 2.33. The molecule has 1 aromatic heterocycles. The Hall–Kier alpha value is -3.50. The summed E-state index contributed by atoms with van der Waals surface area (Å²) in [6.07, 6.45) is 1.48. The molecule has 2 heterocycles. The Morgan fingerprint density at radius 3 is 2.13 bits per heavy atom. The van der Waals surface area contributed by atoms with E-state index in [1.165, 1.54) is 18.0 Å². The Labute approximate surface area is 178 Å². The molecule has 0 N–H and O–H groups in total. The predicted octanol–water partition coefficient (Wildman–Crippen LogP) is 3.90. The van der Waals surface area contributed by atoms with Crippen LogP contribution in [0, 0.1) is 11.3 Å². The van der Waals surface area contributed by atoms with E-state index in [0.29, 0.717) is 43.1 Å². The maximum Gasteiger partial charge on any atom is 0.289 e. The van der Waals surface area contributed by atoms with Crippen molar-refractivity contribution in [2.45, 2.75) is 9.79 Å². The molecule has 1 aliphatic heterocycles. The normalized spacial score (nSPS) is 13.7. The van der Waals surface area contributed by atoms with E-state index in [4.69, 9.17) is 4.42 Å². The van der Waals surface area contributed by atoms with Gasteiger partial charge in [-0.25, -0.2) is 0 Å². The Morgan fingerprint density at radius 1 is 0.833 bits per heavy atom. The second kappa shape index (κ2) is 8.89. The molecule has 7 heteroatoms. The minimum absolute atomic E-state index is 0.0716. The molecule has 0 bridgehead atoms.